The molecule has 2 amide bonds. The minimum absolute atomic E-state index is 0.0892. The number of carbonyl (C=O) groups is 2. The van der Waals surface area contributed by atoms with Gasteiger partial charge in [-0.25, -0.2) is 4.68 Å². The van der Waals surface area contributed by atoms with E-state index in [1.165, 1.54) is 0 Å². The Morgan fingerprint density at radius 1 is 1.32 bits per heavy atom. The van der Waals surface area contributed by atoms with E-state index in [4.69, 9.17) is 4.74 Å². The summed E-state index contributed by atoms with van der Waals surface area (Å²) in [5.74, 6) is 0.495. The number of nitrogens with zero attached hydrogens (tertiary/aromatic N) is 3. The van der Waals surface area contributed by atoms with Crippen LogP contribution in [0.25, 0.3) is 0 Å². The second-order valence-electron chi connectivity index (χ2n) is 8.02. The molecule has 7 nitrogen and oxygen atoms in total. The first kappa shape index (κ1) is 18.5. The van der Waals surface area contributed by atoms with E-state index in [-0.39, 0.29) is 11.8 Å². The molecule has 1 aromatic carbocycles. The lowest BCUT2D eigenvalue weighted by atomic mass is 9.85. The molecule has 0 aliphatic carbocycles. The van der Waals surface area contributed by atoms with Gasteiger partial charge in [-0.2, -0.15) is 5.10 Å². The molecule has 1 aromatic heterocycles. The highest BCUT2D eigenvalue weighted by molar-refractivity contribution is 6.10. The summed E-state index contributed by atoms with van der Waals surface area (Å²) in [4.78, 5) is 27.5. The number of aromatic nitrogens is 2. The topological polar surface area (TPSA) is 76.5 Å². The van der Waals surface area contributed by atoms with Gasteiger partial charge >= 0.3 is 0 Å². The van der Waals surface area contributed by atoms with Crippen LogP contribution in [0.4, 0.5) is 11.4 Å². The molecular formula is C21H26N4O3. The molecule has 0 unspecified atom stereocenters. The maximum absolute atomic E-state index is 12.9. The molecule has 0 fully saturated rings. The van der Waals surface area contributed by atoms with Crippen LogP contribution >= 0.6 is 0 Å². The number of nitrogens with one attached hydrogen (secondary N) is 1. The Morgan fingerprint density at radius 3 is 2.75 bits per heavy atom. The summed E-state index contributed by atoms with van der Waals surface area (Å²) in [6.45, 7) is 11.7. The third kappa shape index (κ3) is 2.60. The molecule has 1 N–H and O–H groups in total. The van der Waals surface area contributed by atoms with Crippen molar-refractivity contribution in [3.8, 4) is 5.88 Å². The van der Waals surface area contributed by atoms with Crippen molar-refractivity contribution in [3.63, 3.8) is 0 Å². The third-order valence-corrected chi connectivity index (χ3v) is 5.70. The molecule has 0 bridgehead atoms. The fraction of sp³-hybridized carbons (Fsp3) is 0.476. The molecule has 0 saturated carbocycles. The van der Waals surface area contributed by atoms with E-state index in [0.29, 0.717) is 30.4 Å². The summed E-state index contributed by atoms with van der Waals surface area (Å²) in [6, 6.07) is 3.82. The number of carbonyl (C=O) groups excluding carboxylic acids is 2. The van der Waals surface area contributed by atoms with Crippen LogP contribution in [0, 0.1) is 13.8 Å². The number of ether oxygens (including phenoxy) is 1. The van der Waals surface area contributed by atoms with Crippen molar-refractivity contribution < 1.29 is 14.3 Å². The number of aryl methyl sites for hydroxylation is 2. The van der Waals surface area contributed by atoms with Crippen molar-refractivity contribution in [3.05, 3.63) is 34.5 Å². The Balaban J connectivity index is 1.68. The van der Waals surface area contributed by atoms with E-state index in [0.717, 1.165) is 35.3 Å². The highest BCUT2D eigenvalue weighted by Crippen LogP contribution is 2.44. The van der Waals surface area contributed by atoms with Crippen molar-refractivity contribution in [1.82, 2.24) is 9.78 Å². The van der Waals surface area contributed by atoms with Gasteiger partial charge in [0.05, 0.1) is 17.7 Å². The molecule has 2 aliphatic heterocycles. The van der Waals surface area contributed by atoms with Gasteiger partial charge in [0.15, 0.2) is 5.69 Å². The minimum Gasteiger partial charge on any atom is -0.478 e. The van der Waals surface area contributed by atoms with Crippen LogP contribution in [0.3, 0.4) is 0 Å². The van der Waals surface area contributed by atoms with Crippen molar-refractivity contribution >= 4 is 23.2 Å². The number of likely N-dealkylation sites (N-methyl/N-ethyl adjacent to an activating group) is 1. The molecule has 0 spiro atoms. The molecule has 3 heterocycles. The van der Waals surface area contributed by atoms with Crippen molar-refractivity contribution in [1.29, 1.82) is 0 Å². The first-order valence-corrected chi connectivity index (χ1v) is 9.74. The Labute approximate surface area is 164 Å². The molecule has 0 saturated heterocycles. The maximum Gasteiger partial charge on any atom is 0.276 e. The highest BCUT2D eigenvalue weighted by atomic mass is 16.5. The zero-order chi connectivity index (χ0) is 20.2. The van der Waals surface area contributed by atoms with Gasteiger partial charge in [0.1, 0.15) is 0 Å². The predicted octanol–water partition coefficient (Wildman–Crippen LogP) is 3.18. The van der Waals surface area contributed by atoms with Crippen LogP contribution in [0.15, 0.2) is 12.1 Å². The molecule has 148 valence electrons. The second kappa shape index (κ2) is 6.36. The molecule has 2 aromatic rings. The zero-order valence-corrected chi connectivity index (χ0v) is 17.0. The van der Waals surface area contributed by atoms with E-state index in [1.807, 2.05) is 51.7 Å². The van der Waals surface area contributed by atoms with Crippen LogP contribution in [0.2, 0.25) is 0 Å². The minimum atomic E-state index is -0.617. The number of anilines is 2. The Kier molecular flexibility index (Phi) is 4.21. The Morgan fingerprint density at radius 2 is 2.07 bits per heavy atom. The fourth-order valence-electron chi connectivity index (χ4n) is 4.20. The number of rotatable bonds is 3. The lowest BCUT2D eigenvalue weighted by molar-refractivity contribution is -0.122. The Bertz CT molecular complexity index is 990. The molecule has 2 aliphatic rings. The van der Waals surface area contributed by atoms with E-state index in [9.17, 15) is 9.59 Å². The maximum atomic E-state index is 12.9. The predicted molar refractivity (Wildman–Crippen MR) is 107 cm³/mol. The molecular weight excluding hydrogens is 356 g/mol. The first-order chi connectivity index (χ1) is 13.3. The molecule has 28 heavy (non-hydrogen) atoms. The number of hydrogen-bond donors (Lipinski definition) is 1. The monoisotopic (exact) mass is 382 g/mol. The summed E-state index contributed by atoms with van der Waals surface area (Å²) >= 11 is 0. The standard InChI is InChI=1S/C21H26N4O3/c1-6-24-17-12(2)10-14(11-15(17)21(4,5)20(24)27)22-18(26)16-13(3)19-25(23-16)8-7-9-28-19/h10-11H,6-9H2,1-5H3,(H,22,26). The zero-order valence-electron chi connectivity index (χ0n) is 17.0. The van der Waals surface area contributed by atoms with Crippen LogP contribution in [-0.2, 0) is 16.8 Å². The van der Waals surface area contributed by atoms with Gasteiger partial charge in [0.2, 0.25) is 11.8 Å². The summed E-state index contributed by atoms with van der Waals surface area (Å²) in [5.41, 5.74) is 4.05. The van der Waals surface area contributed by atoms with Gasteiger partial charge < -0.3 is 15.0 Å². The Hall–Kier alpha value is -2.83. The number of fused-ring (bicyclic) bond motifs is 2. The van der Waals surface area contributed by atoms with Gasteiger partial charge in [-0.15, -0.1) is 0 Å². The third-order valence-electron chi connectivity index (χ3n) is 5.70. The van der Waals surface area contributed by atoms with E-state index in [2.05, 4.69) is 10.4 Å². The van der Waals surface area contributed by atoms with Gasteiger partial charge in [0.25, 0.3) is 5.91 Å². The van der Waals surface area contributed by atoms with Crippen molar-refractivity contribution in [2.45, 2.75) is 53.0 Å². The van der Waals surface area contributed by atoms with Gasteiger partial charge in [-0.05, 0) is 57.9 Å². The first-order valence-electron chi connectivity index (χ1n) is 9.74. The average Bonchev–Trinajstić information content (AvgIpc) is 3.09. The van der Waals surface area contributed by atoms with E-state index >= 15 is 0 Å². The molecule has 7 heteroatoms. The van der Waals surface area contributed by atoms with Crippen LogP contribution < -0.4 is 15.0 Å². The van der Waals surface area contributed by atoms with Crippen LogP contribution in [0.1, 0.15) is 54.4 Å². The fourth-order valence-corrected chi connectivity index (χ4v) is 4.20. The lowest BCUT2D eigenvalue weighted by Gasteiger charge is -2.18. The summed E-state index contributed by atoms with van der Waals surface area (Å²) in [5, 5.41) is 7.39. The smallest absolute Gasteiger partial charge is 0.276 e. The van der Waals surface area contributed by atoms with E-state index < -0.39 is 5.41 Å². The van der Waals surface area contributed by atoms with Gasteiger partial charge in [0, 0.05) is 30.8 Å². The molecule has 0 atom stereocenters. The van der Waals surface area contributed by atoms with Crippen LogP contribution in [0.5, 0.6) is 5.88 Å². The summed E-state index contributed by atoms with van der Waals surface area (Å²) in [6.07, 6.45) is 0.885. The summed E-state index contributed by atoms with van der Waals surface area (Å²) < 4.78 is 7.41. The van der Waals surface area contributed by atoms with Crippen LogP contribution in [-0.4, -0.2) is 34.7 Å². The number of amides is 2. The number of benzene rings is 1. The quantitative estimate of drug-likeness (QED) is 0.885. The average molecular weight is 382 g/mol. The normalized spacial score (nSPS) is 17.2. The SMILES string of the molecule is CCN1C(=O)C(C)(C)c2cc(NC(=O)c3nn4c(c3C)OCCC4)cc(C)c21. The molecule has 0 radical (unpaired) electrons. The van der Waals surface area contributed by atoms with E-state index in [1.54, 1.807) is 4.68 Å². The van der Waals surface area contributed by atoms with Crippen molar-refractivity contribution in [2.75, 3.05) is 23.4 Å². The highest BCUT2D eigenvalue weighted by Gasteiger charge is 2.44. The second-order valence-corrected chi connectivity index (χ2v) is 8.02. The van der Waals surface area contributed by atoms with Crippen molar-refractivity contribution in [2.24, 2.45) is 0 Å². The van der Waals surface area contributed by atoms with Gasteiger partial charge in [-0.3, -0.25) is 9.59 Å². The van der Waals surface area contributed by atoms with Gasteiger partial charge in [-0.1, -0.05) is 0 Å². The summed E-state index contributed by atoms with van der Waals surface area (Å²) in [7, 11) is 0. The number of hydrogen-bond acceptors (Lipinski definition) is 4. The molecule has 4 rings (SSSR count). The largest absolute Gasteiger partial charge is 0.478 e. The lowest BCUT2D eigenvalue weighted by Crippen LogP contribution is -2.36.